The van der Waals surface area contributed by atoms with Crippen molar-refractivity contribution in [3.8, 4) is 0 Å². The molecule has 22 heavy (non-hydrogen) atoms. The molecule has 0 aliphatic carbocycles. The van der Waals surface area contributed by atoms with E-state index < -0.39 is 29.7 Å². The van der Waals surface area contributed by atoms with Crippen LogP contribution < -0.4 is 10.6 Å². The third kappa shape index (κ3) is 6.89. The number of Topliss-reactive ketones (excluding diaryl/α,β-unsaturated/α-hetero) is 1. The summed E-state index contributed by atoms with van der Waals surface area (Å²) in [4.78, 5) is 35.0. The average molecular weight is 313 g/mol. The molecule has 7 heteroatoms. The monoisotopic (exact) mass is 313 g/mol. The molecule has 0 aromatic carbocycles. The van der Waals surface area contributed by atoms with E-state index in [1.54, 1.807) is 20.8 Å². The van der Waals surface area contributed by atoms with E-state index in [0.29, 0.717) is 13.0 Å². The van der Waals surface area contributed by atoms with Crippen molar-refractivity contribution in [2.75, 3.05) is 6.54 Å². The number of rotatable bonds is 6. The van der Waals surface area contributed by atoms with Gasteiger partial charge in [-0.1, -0.05) is 6.42 Å². The van der Waals surface area contributed by atoms with Crippen LogP contribution in [0.25, 0.3) is 0 Å². The van der Waals surface area contributed by atoms with Gasteiger partial charge in [0.1, 0.15) is 5.60 Å². The van der Waals surface area contributed by atoms with Crippen LogP contribution in [0.1, 0.15) is 52.9 Å². The van der Waals surface area contributed by atoms with Crippen molar-refractivity contribution in [1.29, 1.82) is 0 Å². The van der Waals surface area contributed by atoms with Gasteiger partial charge in [-0.25, -0.2) is 10.1 Å². The third-order valence-electron chi connectivity index (χ3n) is 3.24. The largest absolute Gasteiger partial charge is 0.481 e. The normalized spacial score (nSPS) is 20.0. The Kier molecular flexibility index (Phi) is 6.80. The summed E-state index contributed by atoms with van der Waals surface area (Å²) in [6.45, 7) is 5.79. The van der Waals surface area contributed by atoms with Crippen LogP contribution in [0.15, 0.2) is 0 Å². The second-order valence-corrected chi connectivity index (χ2v) is 6.45. The fraction of sp³-hybridized carbons (Fsp3) is 0.800. The second kappa shape index (κ2) is 8.12. The van der Waals surface area contributed by atoms with Crippen molar-refractivity contribution >= 4 is 17.8 Å². The molecule has 1 amide bonds. The summed E-state index contributed by atoms with van der Waals surface area (Å²) >= 11 is 0. The van der Waals surface area contributed by atoms with Gasteiger partial charge in [0, 0.05) is 13.0 Å². The lowest BCUT2D eigenvalue weighted by molar-refractivity contribution is -0.137. The molecule has 1 radical (unpaired) electrons. The van der Waals surface area contributed by atoms with Gasteiger partial charge < -0.3 is 15.2 Å². The van der Waals surface area contributed by atoms with Gasteiger partial charge in [0.25, 0.3) is 0 Å². The number of ketones is 1. The predicted octanol–water partition coefficient (Wildman–Crippen LogP) is 1.47. The molecule has 0 aromatic heterocycles. The number of nitrogens with zero attached hydrogens (tertiary/aromatic N) is 1. The van der Waals surface area contributed by atoms with Gasteiger partial charge in [-0.3, -0.25) is 9.59 Å². The molecule has 1 aliphatic rings. The average Bonchev–Trinajstić information content (AvgIpc) is 2.41. The highest BCUT2D eigenvalue weighted by atomic mass is 16.6. The Bertz CT molecular complexity index is 411. The number of piperidine rings is 1. The number of carboxylic acid groups (broad SMARTS) is 1. The Morgan fingerprint density at radius 1 is 1.32 bits per heavy atom. The maximum absolute atomic E-state index is 12.5. The number of aliphatic carboxylic acids is 1. The van der Waals surface area contributed by atoms with Crippen molar-refractivity contribution in [2.45, 2.75) is 70.6 Å². The predicted molar refractivity (Wildman–Crippen MR) is 79.7 cm³/mol. The third-order valence-corrected chi connectivity index (χ3v) is 3.24. The van der Waals surface area contributed by atoms with Crippen LogP contribution in [0.5, 0.6) is 0 Å². The van der Waals surface area contributed by atoms with Crippen molar-refractivity contribution in [3.63, 3.8) is 0 Å². The Balaban J connectivity index is 2.67. The standard InChI is InChI=1S/C15H25N2O5/c1-15(2,3)22-14(21)17-11(7-8-12(18)19)13(20)10-6-4-5-9-16-10/h10-11H,4-9H2,1-3H3,(H,17,21)(H,18,19)/t10?,11-/m0/s1. The lowest BCUT2D eigenvalue weighted by Crippen LogP contribution is -2.50. The Morgan fingerprint density at radius 2 is 2.00 bits per heavy atom. The highest BCUT2D eigenvalue weighted by molar-refractivity contribution is 5.92. The lowest BCUT2D eigenvalue weighted by Gasteiger charge is -2.27. The number of hydrogen-bond donors (Lipinski definition) is 2. The van der Waals surface area contributed by atoms with E-state index in [1.807, 2.05) is 0 Å². The summed E-state index contributed by atoms with van der Waals surface area (Å²) in [5.74, 6) is -1.24. The van der Waals surface area contributed by atoms with E-state index in [2.05, 4.69) is 10.6 Å². The van der Waals surface area contributed by atoms with Gasteiger partial charge in [0.15, 0.2) is 5.78 Å². The number of amides is 1. The number of alkyl carbamates (subject to hydrolysis) is 1. The summed E-state index contributed by atoms with van der Waals surface area (Å²) < 4.78 is 5.13. The van der Waals surface area contributed by atoms with E-state index in [9.17, 15) is 14.4 Å². The fourth-order valence-corrected chi connectivity index (χ4v) is 2.26. The maximum Gasteiger partial charge on any atom is 0.408 e. The molecule has 1 saturated heterocycles. The second-order valence-electron chi connectivity index (χ2n) is 6.45. The van der Waals surface area contributed by atoms with Gasteiger partial charge in [-0.15, -0.1) is 0 Å². The van der Waals surface area contributed by atoms with E-state index >= 15 is 0 Å². The first kappa shape index (κ1) is 18.4. The molecule has 1 fully saturated rings. The Hall–Kier alpha value is -1.63. The summed E-state index contributed by atoms with van der Waals surface area (Å²) in [5.41, 5.74) is -0.681. The fourth-order valence-electron chi connectivity index (χ4n) is 2.26. The van der Waals surface area contributed by atoms with Crippen molar-refractivity contribution < 1.29 is 24.2 Å². The molecular formula is C15H25N2O5. The van der Waals surface area contributed by atoms with E-state index in [1.165, 1.54) is 0 Å². The van der Waals surface area contributed by atoms with Crippen molar-refractivity contribution in [2.24, 2.45) is 0 Å². The summed E-state index contributed by atoms with van der Waals surface area (Å²) in [5, 5.41) is 15.6. The summed E-state index contributed by atoms with van der Waals surface area (Å²) in [6.07, 6.45) is 1.66. The van der Waals surface area contributed by atoms with Crippen LogP contribution in [-0.2, 0) is 14.3 Å². The molecule has 1 unspecified atom stereocenters. The van der Waals surface area contributed by atoms with Crippen molar-refractivity contribution in [1.82, 2.24) is 10.6 Å². The zero-order valence-electron chi connectivity index (χ0n) is 13.4. The molecular weight excluding hydrogens is 288 g/mol. The Labute approximate surface area is 130 Å². The quantitative estimate of drug-likeness (QED) is 0.772. The van der Waals surface area contributed by atoms with Crippen LogP contribution in [0, 0.1) is 0 Å². The molecule has 1 aliphatic heterocycles. The van der Waals surface area contributed by atoms with Crippen LogP contribution >= 0.6 is 0 Å². The Morgan fingerprint density at radius 3 is 2.50 bits per heavy atom. The van der Waals surface area contributed by atoms with Crippen molar-refractivity contribution in [3.05, 3.63) is 0 Å². The molecule has 7 nitrogen and oxygen atoms in total. The molecule has 0 bridgehead atoms. The van der Waals surface area contributed by atoms with Crippen LogP contribution in [0.3, 0.4) is 0 Å². The number of carbonyl (C=O) groups is 3. The van der Waals surface area contributed by atoms with E-state index in [4.69, 9.17) is 9.84 Å². The van der Waals surface area contributed by atoms with Crippen LogP contribution in [0.2, 0.25) is 0 Å². The first-order valence-electron chi connectivity index (χ1n) is 7.60. The van der Waals surface area contributed by atoms with Crippen LogP contribution in [0.4, 0.5) is 4.79 Å². The molecule has 0 spiro atoms. The topological polar surface area (TPSA) is 107 Å². The minimum absolute atomic E-state index is 0.0411. The highest BCUT2D eigenvalue weighted by Crippen LogP contribution is 2.14. The van der Waals surface area contributed by atoms with Gasteiger partial charge in [-0.05, 0) is 40.0 Å². The zero-order valence-corrected chi connectivity index (χ0v) is 13.4. The summed E-state index contributed by atoms with van der Waals surface area (Å²) in [6, 6.07) is -1.33. The van der Waals surface area contributed by atoms with Gasteiger partial charge >= 0.3 is 12.1 Å². The summed E-state index contributed by atoms with van der Waals surface area (Å²) in [7, 11) is 0. The first-order valence-corrected chi connectivity index (χ1v) is 7.60. The van der Waals surface area contributed by atoms with Crippen LogP contribution in [-0.4, -0.2) is 47.2 Å². The lowest BCUT2D eigenvalue weighted by atomic mass is 9.94. The number of carboxylic acids is 1. The molecule has 125 valence electrons. The number of hydrogen-bond acceptors (Lipinski definition) is 4. The molecule has 2 N–H and O–H groups in total. The first-order chi connectivity index (χ1) is 10.2. The molecule has 0 saturated carbocycles. The van der Waals surface area contributed by atoms with Gasteiger partial charge in [0.2, 0.25) is 0 Å². The number of ether oxygens (including phenoxy) is 1. The van der Waals surface area contributed by atoms with Gasteiger partial charge in [0.05, 0.1) is 12.1 Å². The maximum atomic E-state index is 12.5. The molecule has 1 heterocycles. The minimum atomic E-state index is -1.01. The van der Waals surface area contributed by atoms with Gasteiger partial charge in [-0.2, -0.15) is 0 Å². The highest BCUT2D eigenvalue weighted by Gasteiger charge is 2.31. The molecule has 0 aromatic rings. The smallest absolute Gasteiger partial charge is 0.408 e. The molecule has 1 rings (SSSR count). The molecule has 2 atom stereocenters. The SMILES string of the molecule is CC(C)(C)OC(=O)N[C@@H](CCC(=O)O)C(=O)C1CCCC[N]1. The van der Waals surface area contributed by atoms with E-state index in [0.717, 1.165) is 12.8 Å². The minimum Gasteiger partial charge on any atom is -0.481 e. The zero-order chi connectivity index (χ0) is 16.8. The number of nitrogens with one attached hydrogen (secondary N) is 1. The number of carbonyl (C=O) groups excluding carboxylic acids is 2. The van der Waals surface area contributed by atoms with E-state index in [-0.39, 0.29) is 18.6 Å².